The number of benzene rings is 2. The van der Waals surface area contributed by atoms with Crippen LogP contribution in [0.3, 0.4) is 0 Å². The average molecular weight is 392 g/mol. The van der Waals surface area contributed by atoms with Gasteiger partial charge in [0.15, 0.2) is 0 Å². The quantitative estimate of drug-likeness (QED) is 0.608. The summed E-state index contributed by atoms with van der Waals surface area (Å²) in [5.74, 6) is -1.05. The zero-order valence-corrected chi connectivity index (χ0v) is 15.9. The summed E-state index contributed by atoms with van der Waals surface area (Å²) < 4.78 is 13.2. The summed E-state index contributed by atoms with van der Waals surface area (Å²) in [6.45, 7) is 0.0962. The monoisotopic (exact) mass is 392 g/mol. The van der Waals surface area contributed by atoms with Crippen LogP contribution in [0.1, 0.15) is 10.4 Å². The molecule has 2 heterocycles. The maximum absolute atomic E-state index is 13.2. The highest BCUT2D eigenvalue weighted by Crippen LogP contribution is 2.35. The number of amides is 2. The Morgan fingerprint density at radius 3 is 2.29 bits per heavy atom. The molecule has 1 aromatic heterocycles. The molecular formula is C22H17FN2O2S. The molecule has 3 aromatic rings. The van der Waals surface area contributed by atoms with E-state index in [1.54, 1.807) is 24.1 Å². The number of anilines is 1. The maximum Gasteiger partial charge on any atom is 0.278 e. The van der Waals surface area contributed by atoms with Gasteiger partial charge in [0.05, 0.1) is 12.1 Å². The van der Waals surface area contributed by atoms with Gasteiger partial charge in [0, 0.05) is 17.6 Å². The standard InChI is InChI=1S/C22H17FN2O2S/c1-24(17-6-3-2-4-7-17)20-19(18-8-5-13-28-18)21(26)25(22(20)27)14-15-9-11-16(23)12-10-15/h2-13H,14H2,1H3. The van der Waals surface area contributed by atoms with Crippen molar-refractivity contribution in [2.75, 3.05) is 11.9 Å². The fourth-order valence-electron chi connectivity index (χ4n) is 3.21. The minimum Gasteiger partial charge on any atom is -0.339 e. The molecule has 0 unspecified atom stereocenters. The molecule has 2 aromatic carbocycles. The van der Waals surface area contributed by atoms with E-state index in [0.717, 1.165) is 10.6 Å². The number of carbonyl (C=O) groups excluding carboxylic acids is 2. The SMILES string of the molecule is CN(C1=C(c2cccs2)C(=O)N(Cc2ccc(F)cc2)C1=O)c1ccccc1. The lowest BCUT2D eigenvalue weighted by atomic mass is 10.1. The van der Waals surface area contributed by atoms with E-state index in [0.29, 0.717) is 16.8 Å². The van der Waals surface area contributed by atoms with Gasteiger partial charge in [-0.2, -0.15) is 0 Å². The molecule has 0 bridgehead atoms. The molecule has 4 nitrogen and oxygen atoms in total. The molecule has 1 aliphatic heterocycles. The number of halogens is 1. The van der Waals surface area contributed by atoms with Crippen LogP contribution in [0.4, 0.5) is 10.1 Å². The number of hydrogen-bond donors (Lipinski definition) is 0. The van der Waals surface area contributed by atoms with Crippen molar-refractivity contribution < 1.29 is 14.0 Å². The molecule has 6 heteroatoms. The minimum absolute atomic E-state index is 0.0962. The molecular weight excluding hydrogens is 375 g/mol. The van der Waals surface area contributed by atoms with Gasteiger partial charge in [0.25, 0.3) is 11.8 Å². The summed E-state index contributed by atoms with van der Waals surface area (Å²) in [7, 11) is 1.78. The molecule has 0 saturated heterocycles. The van der Waals surface area contributed by atoms with Gasteiger partial charge in [0.1, 0.15) is 11.5 Å². The topological polar surface area (TPSA) is 40.6 Å². The largest absolute Gasteiger partial charge is 0.339 e. The summed E-state index contributed by atoms with van der Waals surface area (Å²) in [4.78, 5) is 30.1. The molecule has 0 fully saturated rings. The number of carbonyl (C=O) groups is 2. The van der Waals surface area contributed by atoms with E-state index < -0.39 is 0 Å². The normalized spacial score (nSPS) is 14.1. The summed E-state index contributed by atoms with van der Waals surface area (Å²) in [6.07, 6.45) is 0. The first kappa shape index (κ1) is 18.1. The average Bonchev–Trinajstić information content (AvgIpc) is 3.32. The second-order valence-electron chi connectivity index (χ2n) is 6.42. The van der Waals surface area contributed by atoms with Crippen molar-refractivity contribution in [1.82, 2.24) is 4.90 Å². The molecule has 0 aliphatic carbocycles. The Kier molecular flexibility index (Phi) is 4.79. The van der Waals surface area contributed by atoms with Crippen LogP contribution < -0.4 is 4.90 Å². The van der Waals surface area contributed by atoms with Crippen molar-refractivity contribution in [2.45, 2.75) is 6.54 Å². The van der Waals surface area contributed by atoms with Crippen LogP contribution >= 0.6 is 11.3 Å². The van der Waals surface area contributed by atoms with Crippen molar-refractivity contribution in [1.29, 1.82) is 0 Å². The fourth-order valence-corrected chi connectivity index (χ4v) is 3.98. The van der Waals surface area contributed by atoms with Gasteiger partial charge in [-0.3, -0.25) is 14.5 Å². The number of para-hydroxylation sites is 1. The van der Waals surface area contributed by atoms with Crippen LogP contribution in [0.5, 0.6) is 0 Å². The third kappa shape index (κ3) is 3.23. The van der Waals surface area contributed by atoms with Gasteiger partial charge in [-0.25, -0.2) is 4.39 Å². The van der Waals surface area contributed by atoms with Gasteiger partial charge in [-0.05, 0) is 41.3 Å². The first-order valence-electron chi connectivity index (χ1n) is 8.74. The van der Waals surface area contributed by atoms with Crippen LogP contribution in [0.2, 0.25) is 0 Å². The summed E-state index contributed by atoms with van der Waals surface area (Å²) in [5.41, 5.74) is 2.25. The van der Waals surface area contributed by atoms with Crippen LogP contribution in [-0.2, 0) is 16.1 Å². The van der Waals surface area contributed by atoms with E-state index in [4.69, 9.17) is 0 Å². The van der Waals surface area contributed by atoms with Crippen molar-refractivity contribution in [3.8, 4) is 0 Å². The predicted octanol–water partition coefficient (Wildman–Crippen LogP) is 4.30. The van der Waals surface area contributed by atoms with Gasteiger partial charge < -0.3 is 4.90 Å². The Morgan fingerprint density at radius 2 is 1.64 bits per heavy atom. The van der Waals surface area contributed by atoms with Crippen molar-refractivity contribution in [3.63, 3.8) is 0 Å². The van der Waals surface area contributed by atoms with Crippen LogP contribution in [0, 0.1) is 5.82 Å². The molecule has 0 N–H and O–H groups in total. The van der Waals surface area contributed by atoms with Crippen LogP contribution in [0.15, 0.2) is 77.8 Å². The number of likely N-dealkylation sites (N-methyl/N-ethyl adjacent to an activating group) is 1. The smallest absolute Gasteiger partial charge is 0.278 e. The summed E-state index contributed by atoms with van der Waals surface area (Å²) >= 11 is 1.42. The molecule has 0 saturated carbocycles. The van der Waals surface area contributed by atoms with Crippen LogP contribution in [0.25, 0.3) is 5.57 Å². The Morgan fingerprint density at radius 1 is 0.929 bits per heavy atom. The Balaban J connectivity index is 1.74. The van der Waals surface area contributed by atoms with Crippen molar-refractivity contribution in [3.05, 3.63) is 94.1 Å². The molecule has 1 aliphatic rings. The molecule has 2 amide bonds. The fraction of sp³-hybridized carbons (Fsp3) is 0.0909. The summed E-state index contributed by atoms with van der Waals surface area (Å²) in [5, 5.41) is 1.88. The summed E-state index contributed by atoms with van der Waals surface area (Å²) in [6, 6.07) is 18.9. The predicted molar refractivity (Wildman–Crippen MR) is 108 cm³/mol. The number of hydrogen-bond acceptors (Lipinski definition) is 4. The Hall–Kier alpha value is -3.25. The van der Waals surface area contributed by atoms with E-state index >= 15 is 0 Å². The van der Waals surface area contributed by atoms with Crippen LogP contribution in [-0.4, -0.2) is 23.8 Å². The number of rotatable bonds is 5. The highest BCUT2D eigenvalue weighted by atomic mass is 32.1. The minimum atomic E-state index is -0.357. The van der Waals surface area contributed by atoms with Gasteiger partial charge in [0.2, 0.25) is 0 Å². The molecule has 28 heavy (non-hydrogen) atoms. The molecule has 140 valence electrons. The van der Waals surface area contributed by atoms with E-state index in [1.165, 1.54) is 28.4 Å². The molecule has 0 spiro atoms. The Labute approximate surface area is 166 Å². The number of thiophene rings is 1. The third-order valence-electron chi connectivity index (χ3n) is 4.64. The number of imide groups is 1. The number of nitrogens with zero attached hydrogens (tertiary/aromatic N) is 2. The van der Waals surface area contributed by atoms with Gasteiger partial charge in [-0.15, -0.1) is 11.3 Å². The lowest BCUT2D eigenvalue weighted by molar-refractivity contribution is -0.137. The first-order chi connectivity index (χ1) is 13.6. The zero-order chi connectivity index (χ0) is 19.7. The van der Waals surface area contributed by atoms with Crippen molar-refractivity contribution >= 4 is 34.4 Å². The third-order valence-corrected chi connectivity index (χ3v) is 5.53. The second-order valence-corrected chi connectivity index (χ2v) is 7.37. The molecule has 4 rings (SSSR count). The van der Waals surface area contributed by atoms with Gasteiger partial charge in [-0.1, -0.05) is 36.4 Å². The van der Waals surface area contributed by atoms with Gasteiger partial charge >= 0.3 is 0 Å². The molecule has 0 atom stereocenters. The van der Waals surface area contributed by atoms with E-state index in [9.17, 15) is 14.0 Å². The highest BCUT2D eigenvalue weighted by Gasteiger charge is 2.41. The lowest BCUT2D eigenvalue weighted by Crippen LogP contribution is -2.33. The highest BCUT2D eigenvalue weighted by molar-refractivity contribution is 7.11. The zero-order valence-electron chi connectivity index (χ0n) is 15.1. The Bertz CT molecular complexity index is 1040. The van der Waals surface area contributed by atoms with E-state index in [1.807, 2.05) is 47.8 Å². The first-order valence-corrected chi connectivity index (χ1v) is 9.62. The second kappa shape index (κ2) is 7.40. The van der Waals surface area contributed by atoms with Crippen molar-refractivity contribution in [2.24, 2.45) is 0 Å². The molecule has 0 radical (unpaired) electrons. The maximum atomic E-state index is 13.2. The lowest BCUT2D eigenvalue weighted by Gasteiger charge is -2.21. The van der Waals surface area contributed by atoms with E-state index in [-0.39, 0.29) is 24.2 Å². The van der Waals surface area contributed by atoms with E-state index in [2.05, 4.69) is 0 Å².